The first kappa shape index (κ1) is 24.1. The molecule has 6 N–H and O–H groups in total. The average molecular weight is 509 g/mol. The fraction of sp³-hybridized carbons (Fsp3) is 0.125. The zero-order valence-corrected chi connectivity index (χ0v) is 19.2. The minimum Gasteiger partial charge on any atom is -0.481 e. The largest absolute Gasteiger partial charge is 0.481 e. The smallest absolute Gasteiger partial charge is 0.307 e. The Morgan fingerprint density at radius 1 is 0.800 bits per heavy atom. The van der Waals surface area contributed by atoms with Gasteiger partial charge in [-0.1, -0.05) is 23.2 Å². The van der Waals surface area contributed by atoms with Crippen molar-refractivity contribution in [3.05, 3.63) is 57.6 Å². The number of nitrogens with two attached hydrogens (primary N) is 2. The summed E-state index contributed by atoms with van der Waals surface area (Å²) in [5.74, 6) is -1.83. The van der Waals surface area contributed by atoms with Crippen LogP contribution in [-0.2, 0) is 22.4 Å². The third kappa shape index (κ3) is 9.41. The molecule has 0 aliphatic carbocycles. The first-order valence-electron chi connectivity index (χ1n) is 6.70. The number of hydrogen-bond donors (Lipinski definition) is 4. The van der Waals surface area contributed by atoms with E-state index >= 15 is 0 Å². The van der Waals surface area contributed by atoms with Crippen LogP contribution < -0.4 is 11.5 Å². The topological polar surface area (TPSA) is 127 Å². The van der Waals surface area contributed by atoms with Crippen LogP contribution in [0.5, 0.6) is 0 Å². The standard InChI is InChI=1S/2C8H8ClNO2.Ba/c2*9-6-1-2-7(10)5(3-6)4-8(11)12;/h2*1-3H,4,10H2,(H,11,12);. The van der Waals surface area contributed by atoms with Crippen molar-refractivity contribution < 1.29 is 19.8 Å². The summed E-state index contributed by atoms with van der Waals surface area (Å²) < 4.78 is 0. The fourth-order valence-corrected chi connectivity index (χ4v) is 2.17. The Balaban J connectivity index is 0.000000443. The quantitative estimate of drug-likeness (QED) is 0.372. The van der Waals surface area contributed by atoms with Gasteiger partial charge in [0.25, 0.3) is 0 Å². The van der Waals surface area contributed by atoms with Crippen LogP contribution in [0.2, 0.25) is 10.0 Å². The predicted octanol–water partition coefficient (Wildman–Crippen LogP) is 2.72. The van der Waals surface area contributed by atoms with Crippen LogP contribution in [0.3, 0.4) is 0 Å². The summed E-state index contributed by atoms with van der Waals surface area (Å²) in [6, 6.07) is 9.57. The number of nitrogen functional groups attached to an aromatic ring is 2. The molecule has 6 nitrogen and oxygen atoms in total. The van der Waals surface area contributed by atoms with Crippen molar-refractivity contribution in [2.45, 2.75) is 12.8 Å². The van der Waals surface area contributed by atoms with E-state index < -0.39 is 11.9 Å². The predicted molar refractivity (Wildman–Crippen MR) is 100 cm³/mol. The number of benzene rings is 2. The summed E-state index contributed by atoms with van der Waals surface area (Å²) in [4.78, 5) is 20.7. The molecule has 0 amide bonds. The maximum Gasteiger partial charge on any atom is 0.307 e. The Bertz CT molecular complexity index is 693. The van der Waals surface area contributed by atoms with Crippen molar-refractivity contribution in [1.82, 2.24) is 0 Å². The molecule has 0 saturated carbocycles. The number of rotatable bonds is 4. The molecule has 130 valence electrons. The number of anilines is 2. The second-order valence-electron chi connectivity index (χ2n) is 4.83. The number of hydrogen-bond acceptors (Lipinski definition) is 4. The summed E-state index contributed by atoms with van der Waals surface area (Å²) in [6.07, 6.45) is -0.182. The zero-order valence-electron chi connectivity index (χ0n) is 13.2. The Morgan fingerprint density at radius 2 is 1.12 bits per heavy atom. The minimum atomic E-state index is -0.913. The summed E-state index contributed by atoms with van der Waals surface area (Å²) in [5, 5.41) is 18.0. The van der Waals surface area contributed by atoms with Crippen LogP contribution in [0.4, 0.5) is 11.4 Å². The number of carboxylic acid groups (broad SMARTS) is 2. The van der Waals surface area contributed by atoms with Gasteiger partial charge in [-0.15, -0.1) is 0 Å². The van der Waals surface area contributed by atoms with E-state index in [1.54, 1.807) is 36.4 Å². The van der Waals surface area contributed by atoms with Gasteiger partial charge in [-0.3, -0.25) is 9.59 Å². The van der Waals surface area contributed by atoms with Crippen molar-refractivity contribution in [3.8, 4) is 0 Å². The van der Waals surface area contributed by atoms with E-state index in [0.717, 1.165) is 0 Å². The SMILES string of the molecule is Nc1ccc(Cl)cc1CC(=O)O.Nc1ccc(Cl)cc1CC(=O)O.[Ba]. The molecular formula is C16H16BaCl2N2O4. The second kappa shape index (κ2) is 11.7. The molecule has 0 aliphatic heterocycles. The summed E-state index contributed by atoms with van der Waals surface area (Å²) in [7, 11) is 0. The second-order valence-corrected chi connectivity index (χ2v) is 5.70. The molecule has 0 aliphatic rings. The van der Waals surface area contributed by atoms with Gasteiger partial charge in [-0.25, -0.2) is 0 Å². The molecule has 0 atom stereocenters. The number of carbonyl (C=O) groups is 2. The van der Waals surface area contributed by atoms with Crippen molar-refractivity contribution >= 4 is 95.4 Å². The third-order valence-corrected chi connectivity index (χ3v) is 3.36. The molecule has 0 fully saturated rings. The average Bonchev–Trinajstić information content (AvgIpc) is 2.46. The van der Waals surface area contributed by atoms with Crippen LogP contribution in [0.25, 0.3) is 0 Å². The fourth-order valence-electron chi connectivity index (χ4n) is 1.78. The van der Waals surface area contributed by atoms with Crippen LogP contribution >= 0.6 is 23.2 Å². The molecule has 0 spiro atoms. The molecular weight excluding hydrogens is 492 g/mol. The zero-order chi connectivity index (χ0) is 18.3. The van der Waals surface area contributed by atoms with E-state index in [-0.39, 0.29) is 61.7 Å². The van der Waals surface area contributed by atoms with Gasteiger partial charge in [-0.05, 0) is 47.5 Å². The number of halogens is 2. The van der Waals surface area contributed by atoms with Gasteiger partial charge < -0.3 is 21.7 Å². The Hall–Kier alpha value is -0.869. The number of carboxylic acids is 2. The van der Waals surface area contributed by atoms with Crippen molar-refractivity contribution in [2.24, 2.45) is 0 Å². The van der Waals surface area contributed by atoms with Gasteiger partial charge >= 0.3 is 11.9 Å². The van der Waals surface area contributed by atoms with Crippen LogP contribution in [0, 0.1) is 0 Å². The summed E-state index contributed by atoms with van der Waals surface area (Å²) >= 11 is 11.3. The molecule has 2 aromatic rings. The summed E-state index contributed by atoms with van der Waals surface area (Å²) in [6.45, 7) is 0. The summed E-state index contributed by atoms with van der Waals surface area (Å²) in [5.41, 5.74) is 13.1. The van der Waals surface area contributed by atoms with Gasteiger partial charge in [0.1, 0.15) is 0 Å². The molecule has 0 saturated heterocycles. The molecule has 2 aromatic carbocycles. The first-order valence-corrected chi connectivity index (χ1v) is 7.46. The molecule has 0 unspecified atom stereocenters. The van der Waals surface area contributed by atoms with E-state index in [1.165, 1.54) is 0 Å². The molecule has 2 rings (SSSR count). The van der Waals surface area contributed by atoms with E-state index in [1.807, 2.05) is 0 Å². The molecule has 2 radical (unpaired) electrons. The Kier molecular flexibility index (Phi) is 11.3. The van der Waals surface area contributed by atoms with E-state index in [2.05, 4.69) is 0 Å². The molecule has 0 bridgehead atoms. The van der Waals surface area contributed by atoms with E-state index in [0.29, 0.717) is 32.5 Å². The maximum absolute atomic E-state index is 10.3. The van der Waals surface area contributed by atoms with Crippen molar-refractivity contribution in [3.63, 3.8) is 0 Å². The Labute approximate surface area is 195 Å². The maximum atomic E-state index is 10.3. The number of aliphatic carboxylic acids is 2. The van der Waals surface area contributed by atoms with Gasteiger partial charge in [0.2, 0.25) is 0 Å². The molecule has 0 heterocycles. The van der Waals surface area contributed by atoms with Gasteiger partial charge in [-0.2, -0.15) is 0 Å². The van der Waals surface area contributed by atoms with Gasteiger partial charge in [0, 0.05) is 70.3 Å². The third-order valence-electron chi connectivity index (χ3n) is 2.89. The molecule has 25 heavy (non-hydrogen) atoms. The minimum absolute atomic E-state index is 0. The molecule has 9 heteroatoms. The van der Waals surface area contributed by atoms with Crippen LogP contribution in [-0.4, -0.2) is 71.0 Å². The van der Waals surface area contributed by atoms with E-state index in [9.17, 15) is 9.59 Å². The Morgan fingerprint density at radius 3 is 1.40 bits per heavy atom. The van der Waals surface area contributed by atoms with Crippen molar-refractivity contribution in [2.75, 3.05) is 11.5 Å². The van der Waals surface area contributed by atoms with Gasteiger partial charge in [0.15, 0.2) is 0 Å². The molecule has 0 aromatic heterocycles. The first-order chi connectivity index (χ1) is 11.2. The van der Waals surface area contributed by atoms with Crippen LogP contribution in [0.1, 0.15) is 11.1 Å². The normalized spacial score (nSPS) is 9.36. The van der Waals surface area contributed by atoms with E-state index in [4.69, 9.17) is 44.9 Å². The monoisotopic (exact) mass is 508 g/mol. The van der Waals surface area contributed by atoms with Crippen molar-refractivity contribution in [1.29, 1.82) is 0 Å². The van der Waals surface area contributed by atoms with Crippen LogP contribution in [0.15, 0.2) is 36.4 Å². The van der Waals surface area contributed by atoms with Gasteiger partial charge in [0.05, 0.1) is 12.8 Å².